The summed E-state index contributed by atoms with van der Waals surface area (Å²) in [5.74, 6) is 0.239. The molecule has 1 aromatic heterocycles. The van der Waals surface area contributed by atoms with Gasteiger partial charge in [-0.15, -0.1) is 22.6 Å². The van der Waals surface area contributed by atoms with E-state index < -0.39 is 11.6 Å². The number of rotatable bonds is 10. The molecule has 0 aromatic carbocycles. The Hall–Kier alpha value is -1.85. The van der Waals surface area contributed by atoms with Crippen LogP contribution in [0, 0.1) is 11.8 Å². The van der Waals surface area contributed by atoms with E-state index in [4.69, 9.17) is 9.15 Å². The van der Waals surface area contributed by atoms with Crippen LogP contribution in [-0.4, -0.2) is 87.9 Å². The third kappa shape index (κ3) is 9.72. The van der Waals surface area contributed by atoms with Crippen LogP contribution in [0.3, 0.4) is 0 Å². The van der Waals surface area contributed by atoms with Gasteiger partial charge in [-0.1, -0.05) is 51.3 Å². The van der Waals surface area contributed by atoms with Crippen molar-refractivity contribution in [2.75, 3.05) is 38.5 Å². The first-order valence-electron chi connectivity index (χ1n) is 13.6. The maximum Gasteiger partial charge on any atom is 0.410 e. The lowest BCUT2D eigenvalue weighted by Gasteiger charge is -2.35. The lowest BCUT2D eigenvalue weighted by atomic mass is 9.87. The topological polar surface area (TPSA) is 118 Å². The van der Waals surface area contributed by atoms with Crippen LogP contribution in [0.4, 0.5) is 4.79 Å². The first-order chi connectivity index (χ1) is 17.6. The quantitative estimate of drug-likeness (QED) is 0.320. The molecule has 2 aliphatic rings. The smallest absolute Gasteiger partial charge is 0.410 e. The predicted molar refractivity (Wildman–Crippen MR) is 149 cm³/mol. The van der Waals surface area contributed by atoms with Crippen LogP contribution in [0.5, 0.6) is 0 Å². The van der Waals surface area contributed by atoms with Gasteiger partial charge in [0.25, 0.3) is 11.1 Å². The summed E-state index contributed by atoms with van der Waals surface area (Å²) in [4.78, 5) is 42.3. The molecule has 2 atom stereocenters. The standard InChI is InChI=1S/C26H43N5O5S.ClH/c1-6-18(2)20(27-22(33)19-10-8-7-9-11-19)21(32)23-28-29-24(35-23)37-17-16-30-12-14-31(15-13-30)25(34)36-26(3,4)5;/h18-20H,6-17H2,1-5H3,(H,27,33);1H. The monoisotopic (exact) mass is 573 g/mol. The highest BCUT2D eigenvalue weighted by atomic mass is 35.5. The molecule has 1 aliphatic carbocycles. The second-order valence-electron chi connectivity index (χ2n) is 11.1. The van der Waals surface area contributed by atoms with Gasteiger partial charge in [0.2, 0.25) is 11.7 Å². The van der Waals surface area contributed by atoms with Crippen LogP contribution >= 0.6 is 24.2 Å². The van der Waals surface area contributed by atoms with E-state index in [1.54, 1.807) is 4.90 Å². The average Bonchev–Trinajstić information content (AvgIpc) is 3.35. The van der Waals surface area contributed by atoms with E-state index >= 15 is 0 Å². The molecule has 1 N–H and O–H groups in total. The van der Waals surface area contributed by atoms with E-state index in [1.165, 1.54) is 18.2 Å². The van der Waals surface area contributed by atoms with Gasteiger partial charge in [-0.25, -0.2) is 4.79 Å². The molecule has 3 rings (SSSR count). The summed E-state index contributed by atoms with van der Waals surface area (Å²) in [6.45, 7) is 13.1. The highest BCUT2D eigenvalue weighted by Gasteiger charge is 2.33. The second kappa shape index (κ2) is 15.1. The molecule has 1 saturated heterocycles. The van der Waals surface area contributed by atoms with Crippen molar-refractivity contribution >= 4 is 42.0 Å². The highest BCUT2D eigenvalue weighted by molar-refractivity contribution is 7.99. The van der Waals surface area contributed by atoms with Crippen LogP contribution in [0.2, 0.25) is 0 Å². The zero-order valence-corrected chi connectivity index (χ0v) is 25.0. The van der Waals surface area contributed by atoms with Gasteiger partial charge >= 0.3 is 6.09 Å². The van der Waals surface area contributed by atoms with Gasteiger partial charge in [0, 0.05) is 44.4 Å². The molecule has 1 saturated carbocycles. The number of hydrogen-bond acceptors (Lipinski definition) is 9. The second-order valence-corrected chi connectivity index (χ2v) is 12.1. The molecule has 2 amide bonds. The summed E-state index contributed by atoms with van der Waals surface area (Å²) >= 11 is 1.40. The number of nitrogens with one attached hydrogen (secondary N) is 1. The fraction of sp³-hybridized carbons (Fsp3) is 0.808. The van der Waals surface area contributed by atoms with E-state index in [2.05, 4.69) is 20.4 Å². The summed E-state index contributed by atoms with van der Waals surface area (Å²) in [6.07, 6.45) is 5.53. The molecule has 0 spiro atoms. The van der Waals surface area contributed by atoms with Crippen LogP contribution in [0.25, 0.3) is 0 Å². The zero-order valence-electron chi connectivity index (χ0n) is 23.4. The number of ether oxygens (including phenoxy) is 1. The molecule has 2 unspecified atom stereocenters. The van der Waals surface area contributed by atoms with Crippen molar-refractivity contribution in [1.82, 2.24) is 25.3 Å². The van der Waals surface area contributed by atoms with Crippen LogP contribution in [0.1, 0.15) is 83.8 Å². The first kappa shape index (κ1) is 32.4. The number of carbonyl (C=O) groups excluding carboxylic acids is 3. The number of hydrogen-bond donors (Lipinski definition) is 1. The molecule has 1 aliphatic heterocycles. The third-order valence-electron chi connectivity index (χ3n) is 7.04. The fourth-order valence-electron chi connectivity index (χ4n) is 4.58. The van der Waals surface area contributed by atoms with Gasteiger partial charge in [0.15, 0.2) is 0 Å². The van der Waals surface area contributed by atoms with Crippen molar-refractivity contribution in [1.29, 1.82) is 0 Å². The van der Waals surface area contributed by atoms with Crippen molar-refractivity contribution < 1.29 is 23.5 Å². The number of amides is 2. The largest absolute Gasteiger partial charge is 0.444 e. The van der Waals surface area contributed by atoms with Gasteiger partial charge in [-0.3, -0.25) is 14.5 Å². The van der Waals surface area contributed by atoms with E-state index in [1.807, 2.05) is 34.6 Å². The van der Waals surface area contributed by atoms with Crippen LogP contribution < -0.4 is 5.32 Å². The Bertz CT molecular complexity index is 910. The SMILES string of the molecule is CCC(C)C(NC(=O)C1CCCCC1)C(=O)c1nnc(SCCN2CCN(C(=O)OC(C)(C)C)CC2)o1.Cl. The summed E-state index contributed by atoms with van der Waals surface area (Å²) in [5.41, 5.74) is -0.495. The Morgan fingerprint density at radius 1 is 1.11 bits per heavy atom. The van der Waals surface area contributed by atoms with E-state index in [0.29, 0.717) is 18.3 Å². The molecule has 12 heteroatoms. The molecule has 2 heterocycles. The minimum Gasteiger partial charge on any atom is -0.444 e. The molecular formula is C26H44ClN5O5S. The van der Waals surface area contributed by atoms with Gasteiger partial charge in [-0.05, 0) is 39.5 Å². The van der Waals surface area contributed by atoms with Gasteiger partial charge in [0.1, 0.15) is 5.60 Å². The number of halogens is 1. The maximum atomic E-state index is 13.2. The first-order valence-corrected chi connectivity index (χ1v) is 14.6. The summed E-state index contributed by atoms with van der Waals surface area (Å²) in [7, 11) is 0. The minimum absolute atomic E-state index is 0. The molecular weight excluding hydrogens is 530 g/mol. The third-order valence-corrected chi connectivity index (χ3v) is 7.84. The lowest BCUT2D eigenvalue weighted by molar-refractivity contribution is -0.126. The Morgan fingerprint density at radius 3 is 2.37 bits per heavy atom. The average molecular weight is 574 g/mol. The fourth-order valence-corrected chi connectivity index (χ4v) is 5.34. The zero-order chi connectivity index (χ0) is 27.0. The summed E-state index contributed by atoms with van der Waals surface area (Å²) in [6, 6.07) is -0.668. The van der Waals surface area contributed by atoms with Crippen molar-refractivity contribution in [2.45, 2.75) is 90.0 Å². The van der Waals surface area contributed by atoms with Gasteiger partial charge in [-0.2, -0.15) is 0 Å². The summed E-state index contributed by atoms with van der Waals surface area (Å²) < 4.78 is 11.1. The number of Topliss-reactive ketones (excluding diaryl/α,β-unsaturated/α-hetero) is 1. The minimum atomic E-state index is -0.668. The molecule has 1 aromatic rings. The number of ketones is 1. The molecule has 2 fully saturated rings. The molecule has 0 bridgehead atoms. The molecule has 38 heavy (non-hydrogen) atoms. The Labute approximate surface area is 236 Å². The number of piperazine rings is 1. The van der Waals surface area contributed by atoms with Crippen LogP contribution in [0.15, 0.2) is 9.64 Å². The van der Waals surface area contributed by atoms with E-state index in [-0.39, 0.29) is 47.9 Å². The lowest BCUT2D eigenvalue weighted by Crippen LogP contribution is -2.50. The highest BCUT2D eigenvalue weighted by Crippen LogP contribution is 2.25. The van der Waals surface area contributed by atoms with E-state index in [0.717, 1.165) is 57.5 Å². The Balaban J connectivity index is 0.00000507. The Kier molecular flexibility index (Phi) is 12.8. The summed E-state index contributed by atoms with van der Waals surface area (Å²) in [5, 5.41) is 11.4. The normalized spacial score (nSPS) is 18.8. The van der Waals surface area contributed by atoms with E-state index in [9.17, 15) is 14.4 Å². The Morgan fingerprint density at radius 2 is 1.76 bits per heavy atom. The van der Waals surface area contributed by atoms with Gasteiger partial charge < -0.3 is 19.4 Å². The molecule has 216 valence electrons. The number of aromatic nitrogens is 2. The van der Waals surface area contributed by atoms with Crippen LogP contribution in [-0.2, 0) is 9.53 Å². The number of nitrogens with zero attached hydrogens (tertiary/aromatic N) is 4. The molecule has 0 radical (unpaired) electrons. The maximum absolute atomic E-state index is 13.2. The number of carbonyl (C=O) groups is 3. The van der Waals surface area contributed by atoms with Crippen molar-refractivity contribution in [2.24, 2.45) is 11.8 Å². The predicted octanol–water partition coefficient (Wildman–Crippen LogP) is 4.43. The van der Waals surface area contributed by atoms with Crippen molar-refractivity contribution in [3.63, 3.8) is 0 Å². The van der Waals surface area contributed by atoms with Gasteiger partial charge in [0.05, 0.1) is 6.04 Å². The van der Waals surface area contributed by atoms with Crippen molar-refractivity contribution in [3.05, 3.63) is 5.89 Å². The number of thioether (sulfide) groups is 1. The molecule has 10 nitrogen and oxygen atoms in total. The van der Waals surface area contributed by atoms with Crippen molar-refractivity contribution in [3.8, 4) is 0 Å².